The van der Waals surface area contributed by atoms with Crippen molar-refractivity contribution < 1.29 is 8.42 Å². The Labute approximate surface area is 119 Å². The molecule has 0 aliphatic carbocycles. The largest absolute Gasteiger partial charge is 0.368 e. The molecule has 2 aromatic carbocycles. The molecule has 1 aliphatic heterocycles. The molecule has 0 bridgehead atoms. The summed E-state index contributed by atoms with van der Waals surface area (Å²) in [5, 5.41) is 0. The van der Waals surface area contributed by atoms with Crippen LogP contribution >= 0.6 is 0 Å². The Kier molecular flexibility index (Phi) is 3.14. The first-order valence-corrected chi connectivity index (χ1v) is 7.92. The van der Waals surface area contributed by atoms with E-state index in [0.29, 0.717) is 10.6 Å². The van der Waals surface area contributed by atoms with Gasteiger partial charge in [0.1, 0.15) is 0 Å². The third-order valence-electron chi connectivity index (χ3n) is 3.43. The van der Waals surface area contributed by atoms with Gasteiger partial charge >= 0.3 is 0 Å². The first kappa shape index (κ1) is 13.0. The van der Waals surface area contributed by atoms with Gasteiger partial charge in [0.2, 0.25) is 0 Å². The average Bonchev–Trinajstić information content (AvgIpc) is 3.32. The summed E-state index contributed by atoms with van der Waals surface area (Å²) >= 11 is 0. The zero-order chi connectivity index (χ0) is 14.2. The second-order valence-electron chi connectivity index (χ2n) is 4.79. The van der Waals surface area contributed by atoms with Gasteiger partial charge in [-0.2, -0.15) is 0 Å². The zero-order valence-electron chi connectivity index (χ0n) is 11.2. The normalized spacial score (nSPS) is 14.2. The highest BCUT2D eigenvalue weighted by molar-refractivity contribution is 7.92. The number of sulfonamides is 1. The first-order chi connectivity index (χ1) is 9.59. The van der Waals surface area contributed by atoms with E-state index in [9.17, 15) is 8.42 Å². The molecule has 0 spiro atoms. The van der Waals surface area contributed by atoms with Crippen molar-refractivity contribution in [2.45, 2.75) is 4.90 Å². The summed E-state index contributed by atoms with van der Waals surface area (Å²) in [6.07, 6.45) is 0. The van der Waals surface area contributed by atoms with Crippen molar-refractivity contribution in [3.8, 4) is 0 Å². The van der Waals surface area contributed by atoms with Gasteiger partial charge in [0.05, 0.1) is 10.6 Å². The Morgan fingerprint density at radius 2 is 1.55 bits per heavy atom. The molecule has 5 heteroatoms. The predicted molar refractivity (Wildman–Crippen MR) is 80.7 cm³/mol. The number of hydrogen-bond donors (Lipinski definition) is 0. The van der Waals surface area contributed by atoms with Crippen LogP contribution in [0.15, 0.2) is 59.5 Å². The van der Waals surface area contributed by atoms with Crippen molar-refractivity contribution in [1.82, 2.24) is 0 Å². The van der Waals surface area contributed by atoms with E-state index in [4.69, 9.17) is 0 Å². The summed E-state index contributed by atoms with van der Waals surface area (Å²) in [5.74, 6) is 0. The van der Waals surface area contributed by atoms with Crippen molar-refractivity contribution in [2.75, 3.05) is 29.3 Å². The third-order valence-corrected chi connectivity index (χ3v) is 5.23. The van der Waals surface area contributed by atoms with E-state index in [2.05, 4.69) is 4.90 Å². The lowest BCUT2D eigenvalue weighted by Gasteiger charge is -2.20. The second-order valence-corrected chi connectivity index (χ2v) is 6.76. The van der Waals surface area contributed by atoms with Gasteiger partial charge in [-0.25, -0.2) is 8.42 Å². The van der Waals surface area contributed by atoms with Crippen LogP contribution in [-0.2, 0) is 10.0 Å². The molecule has 0 atom stereocenters. The summed E-state index contributed by atoms with van der Waals surface area (Å²) in [6, 6.07) is 16.1. The molecule has 1 heterocycles. The van der Waals surface area contributed by atoms with E-state index in [1.807, 2.05) is 24.3 Å². The van der Waals surface area contributed by atoms with Gasteiger partial charge in [0, 0.05) is 25.8 Å². The van der Waals surface area contributed by atoms with Gasteiger partial charge in [-0.05, 0) is 36.4 Å². The highest BCUT2D eigenvalue weighted by Crippen LogP contribution is 2.26. The lowest BCUT2D eigenvalue weighted by molar-refractivity contribution is 0.594. The molecule has 20 heavy (non-hydrogen) atoms. The van der Waals surface area contributed by atoms with Crippen LogP contribution in [0.2, 0.25) is 0 Å². The number of nitrogens with zero attached hydrogens (tertiary/aromatic N) is 2. The van der Waals surface area contributed by atoms with Crippen molar-refractivity contribution in [3.05, 3.63) is 54.6 Å². The van der Waals surface area contributed by atoms with Crippen LogP contribution in [0.25, 0.3) is 0 Å². The molecule has 0 aromatic heterocycles. The van der Waals surface area contributed by atoms with Gasteiger partial charge in [-0.15, -0.1) is 0 Å². The molecule has 0 amide bonds. The topological polar surface area (TPSA) is 40.4 Å². The van der Waals surface area contributed by atoms with Crippen LogP contribution in [0, 0.1) is 0 Å². The molecular formula is C15H16N2O2S. The molecule has 2 aromatic rings. The number of benzene rings is 2. The maximum Gasteiger partial charge on any atom is 0.264 e. The first-order valence-electron chi connectivity index (χ1n) is 6.48. The third kappa shape index (κ3) is 2.36. The minimum absolute atomic E-state index is 0.303. The maximum absolute atomic E-state index is 12.5. The smallest absolute Gasteiger partial charge is 0.264 e. The standard InChI is InChI=1S/C15H16N2O2S/c1-16(20(18,19)15-5-3-2-4-6-15)13-7-9-14(10-8-13)17-11-12-17/h2-10H,11-12H2,1H3. The zero-order valence-corrected chi connectivity index (χ0v) is 12.0. The summed E-state index contributed by atoms with van der Waals surface area (Å²) in [5.41, 5.74) is 1.80. The Morgan fingerprint density at radius 3 is 2.10 bits per heavy atom. The molecule has 0 saturated carbocycles. The van der Waals surface area contributed by atoms with E-state index in [-0.39, 0.29) is 0 Å². The quantitative estimate of drug-likeness (QED) is 0.811. The van der Waals surface area contributed by atoms with E-state index in [1.165, 1.54) is 4.31 Å². The Bertz CT molecular complexity index is 692. The number of rotatable bonds is 4. The molecular weight excluding hydrogens is 272 g/mol. The molecule has 0 radical (unpaired) electrons. The van der Waals surface area contributed by atoms with Gasteiger partial charge in [0.25, 0.3) is 10.0 Å². The summed E-state index contributed by atoms with van der Waals surface area (Å²) in [7, 11) is -1.91. The van der Waals surface area contributed by atoms with E-state index >= 15 is 0 Å². The Morgan fingerprint density at radius 1 is 0.950 bits per heavy atom. The lowest BCUT2D eigenvalue weighted by atomic mass is 10.3. The van der Waals surface area contributed by atoms with Gasteiger partial charge < -0.3 is 4.90 Å². The van der Waals surface area contributed by atoms with E-state index < -0.39 is 10.0 Å². The SMILES string of the molecule is CN(c1ccc(N2CC2)cc1)S(=O)(=O)c1ccccc1. The van der Waals surface area contributed by atoms with Crippen molar-refractivity contribution in [3.63, 3.8) is 0 Å². The molecule has 1 saturated heterocycles. The van der Waals surface area contributed by atoms with E-state index in [1.54, 1.807) is 37.4 Å². The molecule has 3 rings (SSSR count). The van der Waals surface area contributed by atoms with Crippen molar-refractivity contribution in [1.29, 1.82) is 0 Å². The van der Waals surface area contributed by atoms with Crippen LogP contribution in [-0.4, -0.2) is 28.6 Å². The fourth-order valence-electron chi connectivity index (χ4n) is 2.07. The summed E-state index contributed by atoms with van der Waals surface area (Å²) in [4.78, 5) is 2.52. The molecule has 104 valence electrons. The fraction of sp³-hybridized carbons (Fsp3) is 0.200. The highest BCUT2D eigenvalue weighted by atomic mass is 32.2. The fourth-order valence-corrected chi connectivity index (χ4v) is 3.29. The van der Waals surface area contributed by atoms with Crippen LogP contribution in [0.4, 0.5) is 11.4 Å². The molecule has 4 nitrogen and oxygen atoms in total. The Balaban J connectivity index is 1.89. The summed E-state index contributed by atoms with van der Waals surface area (Å²) < 4.78 is 26.3. The maximum atomic E-state index is 12.5. The number of hydrogen-bond acceptors (Lipinski definition) is 3. The second kappa shape index (κ2) is 4.83. The minimum atomic E-state index is -3.49. The predicted octanol–water partition coefficient (Wildman–Crippen LogP) is 2.33. The monoisotopic (exact) mass is 288 g/mol. The van der Waals surface area contributed by atoms with Crippen molar-refractivity contribution >= 4 is 21.4 Å². The molecule has 1 aliphatic rings. The Hall–Kier alpha value is -2.01. The highest BCUT2D eigenvalue weighted by Gasteiger charge is 2.22. The molecule has 0 unspecified atom stereocenters. The lowest BCUT2D eigenvalue weighted by Crippen LogP contribution is -2.26. The van der Waals surface area contributed by atoms with Gasteiger partial charge in [0.15, 0.2) is 0 Å². The molecule has 1 fully saturated rings. The van der Waals surface area contributed by atoms with Crippen LogP contribution in [0.3, 0.4) is 0 Å². The van der Waals surface area contributed by atoms with Crippen molar-refractivity contribution in [2.24, 2.45) is 0 Å². The van der Waals surface area contributed by atoms with Crippen LogP contribution in [0.1, 0.15) is 0 Å². The van der Waals surface area contributed by atoms with Crippen LogP contribution < -0.4 is 9.21 Å². The van der Waals surface area contributed by atoms with Gasteiger partial charge in [-0.3, -0.25) is 4.31 Å². The average molecular weight is 288 g/mol. The van der Waals surface area contributed by atoms with Gasteiger partial charge in [-0.1, -0.05) is 18.2 Å². The summed E-state index contributed by atoms with van der Waals surface area (Å²) in [6.45, 7) is 2.16. The minimum Gasteiger partial charge on any atom is -0.368 e. The van der Waals surface area contributed by atoms with E-state index in [0.717, 1.165) is 18.8 Å². The van der Waals surface area contributed by atoms with Crippen LogP contribution in [0.5, 0.6) is 0 Å². The number of anilines is 2. The molecule has 0 N–H and O–H groups in total.